The van der Waals surface area contributed by atoms with Gasteiger partial charge in [-0.2, -0.15) is 0 Å². The Morgan fingerprint density at radius 3 is 2.79 bits per heavy atom. The van der Waals surface area contributed by atoms with Crippen molar-refractivity contribution in [2.75, 3.05) is 0 Å². The number of amides is 4. The Kier molecular flexibility index (Phi) is 5.62. The second-order valence-electron chi connectivity index (χ2n) is 7.49. The molecule has 1 aliphatic carbocycles. The van der Waals surface area contributed by atoms with Gasteiger partial charge in [0.05, 0.1) is 12.5 Å². The van der Waals surface area contributed by atoms with Crippen LogP contribution in [0.5, 0.6) is 0 Å². The van der Waals surface area contributed by atoms with Crippen molar-refractivity contribution in [2.24, 2.45) is 11.8 Å². The number of thiophene rings is 1. The number of rotatable bonds is 5. The highest BCUT2D eigenvalue weighted by Gasteiger charge is 2.45. The molecule has 0 bridgehead atoms. The van der Waals surface area contributed by atoms with E-state index in [4.69, 9.17) is 0 Å². The minimum Gasteiger partial charge on any atom is -0.352 e. The first kappa shape index (κ1) is 19.6. The van der Waals surface area contributed by atoms with Gasteiger partial charge in [-0.15, -0.1) is 11.3 Å². The third-order valence-electron chi connectivity index (χ3n) is 5.66. The molecule has 2 heterocycles. The fourth-order valence-corrected chi connectivity index (χ4v) is 4.77. The zero-order valence-corrected chi connectivity index (χ0v) is 16.6. The quantitative estimate of drug-likeness (QED) is 0.788. The molecular formula is C21H22FN3O3S. The molecule has 1 saturated heterocycles. The monoisotopic (exact) mass is 415 g/mol. The van der Waals surface area contributed by atoms with E-state index < -0.39 is 6.03 Å². The molecule has 6 nitrogen and oxygen atoms in total. The molecule has 29 heavy (non-hydrogen) atoms. The summed E-state index contributed by atoms with van der Waals surface area (Å²) in [4.78, 5) is 40.1. The lowest BCUT2D eigenvalue weighted by molar-refractivity contribution is -0.139. The van der Waals surface area contributed by atoms with Crippen LogP contribution in [0.15, 0.2) is 41.8 Å². The highest BCUT2D eigenvalue weighted by Crippen LogP contribution is 2.34. The van der Waals surface area contributed by atoms with E-state index in [-0.39, 0.29) is 48.6 Å². The minimum absolute atomic E-state index is 0.121. The third-order valence-corrected chi connectivity index (χ3v) is 6.52. The Morgan fingerprint density at radius 2 is 2.03 bits per heavy atom. The Morgan fingerprint density at radius 1 is 1.21 bits per heavy atom. The second-order valence-corrected chi connectivity index (χ2v) is 8.52. The Hall–Kier alpha value is -2.74. The number of benzene rings is 1. The van der Waals surface area contributed by atoms with Gasteiger partial charge in [-0.05, 0) is 36.8 Å². The Labute approximate surface area is 172 Å². The Bertz CT molecular complexity index is 918. The minimum atomic E-state index is -0.405. The summed E-state index contributed by atoms with van der Waals surface area (Å²) in [6, 6.07) is 9.36. The van der Waals surface area contributed by atoms with Crippen molar-refractivity contribution in [3.8, 4) is 0 Å². The Balaban J connectivity index is 1.35. The number of halogens is 1. The van der Waals surface area contributed by atoms with Crippen molar-refractivity contribution in [1.82, 2.24) is 15.5 Å². The lowest BCUT2D eigenvalue weighted by Gasteiger charge is -2.41. The molecule has 1 aliphatic heterocycles. The number of hydrogen-bond donors (Lipinski definition) is 2. The number of imide groups is 1. The molecule has 2 N–H and O–H groups in total. The standard InChI is InChI=1S/C21H22FN3O3S/c22-17-6-2-1-4-14(17)11-23-19(26)13-7-8-16-18(10-13)24-21(28)25(20(16)27)12-15-5-3-9-29-15/h1-6,9,13,16,18H,7-8,10-12H2,(H,23,26)(H,24,28). The van der Waals surface area contributed by atoms with Gasteiger partial charge in [-0.25, -0.2) is 9.18 Å². The van der Waals surface area contributed by atoms with E-state index in [9.17, 15) is 18.8 Å². The van der Waals surface area contributed by atoms with E-state index in [1.54, 1.807) is 18.2 Å². The number of carbonyl (C=O) groups is 3. The molecule has 3 unspecified atom stereocenters. The average molecular weight is 415 g/mol. The molecule has 4 rings (SSSR count). The number of carbonyl (C=O) groups excluding carboxylic acids is 3. The van der Waals surface area contributed by atoms with Crippen LogP contribution in [-0.2, 0) is 22.7 Å². The summed E-state index contributed by atoms with van der Waals surface area (Å²) in [5, 5.41) is 7.60. The molecule has 4 amide bonds. The number of nitrogens with one attached hydrogen (secondary N) is 2. The van der Waals surface area contributed by atoms with Crippen LogP contribution in [0, 0.1) is 17.7 Å². The molecule has 1 aromatic heterocycles. The van der Waals surface area contributed by atoms with Gasteiger partial charge in [0.2, 0.25) is 11.8 Å². The zero-order valence-electron chi connectivity index (χ0n) is 15.8. The average Bonchev–Trinajstić information content (AvgIpc) is 3.23. The first-order chi connectivity index (χ1) is 14.0. The number of hydrogen-bond acceptors (Lipinski definition) is 4. The van der Waals surface area contributed by atoms with Crippen LogP contribution in [0.4, 0.5) is 9.18 Å². The summed E-state index contributed by atoms with van der Waals surface area (Å²) >= 11 is 1.51. The van der Waals surface area contributed by atoms with Crippen LogP contribution < -0.4 is 10.6 Å². The SMILES string of the molecule is O=C(NCc1ccccc1F)C1CCC2C(=O)N(Cc3cccs3)C(=O)NC2C1. The fourth-order valence-electron chi connectivity index (χ4n) is 4.08. The van der Waals surface area contributed by atoms with Crippen LogP contribution in [0.2, 0.25) is 0 Å². The maximum atomic E-state index is 13.7. The third kappa shape index (κ3) is 4.17. The van der Waals surface area contributed by atoms with Crippen LogP contribution >= 0.6 is 11.3 Å². The summed E-state index contributed by atoms with van der Waals surface area (Å²) in [5.41, 5.74) is 0.430. The van der Waals surface area contributed by atoms with E-state index in [2.05, 4.69) is 10.6 Å². The van der Waals surface area contributed by atoms with Crippen LogP contribution in [0.25, 0.3) is 0 Å². The van der Waals surface area contributed by atoms with Gasteiger partial charge in [0.15, 0.2) is 0 Å². The van der Waals surface area contributed by atoms with Crippen LogP contribution in [0.3, 0.4) is 0 Å². The maximum absolute atomic E-state index is 13.7. The molecule has 152 valence electrons. The molecule has 2 aromatic rings. The van der Waals surface area contributed by atoms with Crippen molar-refractivity contribution in [3.63, 3.8) is 0 Å². The first-order valence-electron chi connectivity index (χ1n) is 9.68. The zero-order chi connectivity index (χ0) is 20.4. The highest BCUT2D eigenvalue weighted by atomic mass is 32.1. The molecule has 0 radical (unpaired) electrons. The van der Waals surface area contributed by atoms with E-state index in [0.717, 1.165) is 4.88 Å². The first-order valence-corrected chi connectivity index (χ1v) is 10.6. The van der Waals surface area contributed by atoms with Crippen LogP contribution in [-0.4, -0.2) is 28.8 Å². The van der Waals surface area contributed by atoms with E-state index >= 15 is 0 Å². The topological polar surface area (TPSA) is 78.5 Å². The molecular weight excluding hydrogens is 393 g/mol. The van der Waals surface area contributed by atoms with Gasteiger partial charge in [0, 0.05) is 28.9 Å². The second kappa shape index (κ2) is 8.32. The fraction of sp³-hybridized carbons (Fsp3) is 0.381. The predicted octanol–water partition coefficient (Wildman–Crippen LogP) is 3.04. The van der Waals surface area contributed by atoms with E-state index in [1.165, 1.54) is 22.3 Å². The maximum Gasteiger partial charge on any atom is 0.324 e. The van der Waals surface area contributed by atoms with Gasteiger partial charge in [-0.3, -0.25) is 14.5 Å². The van der Waals surface area contributed by atoms with Gasteiger partial charge in [-0.1, -0.05) is 24.3 Å². The smallest absolute Gasteiger partial charge is 0.324 e. The summed E-state index contributed by atoms with van der Waals surface area (Å²) in [5.74, 6) is -1.30. The number of urea groups is 1. The lowest BCUT2D eigenvalue weighted by Crippen LogP contribution is -2.61. The van der Waals surface area contributed by atoms with E-state index in [1.807, 2.05) is 17.5 Å². The van der Waals surface area contributed by atoms with Gasteiger partial charge < -0.3 is 10.6 Å². The van der Waals surface area contributed by atoms with Crippen molar-refractivity contribution in [1.29, 1.82) is 0 Å². The van der Waals surface area contributed by atoms with E-state index in [0.29, 0.717) is 24.8 Å². The highest BCUT2D eigenvalue weighted by molar-refractivity contribution is 7.09. The summed E-state index contributed by atoms with van der Waals surface area (Å²) in [6.07, 6.45) is 1.53. The van der Waals surface area contributed by atoms with Gasteiger partial charge in [0.1, 0.15) is 5.82 Å². The molecule has 0 spiro atoms. The normalized spacial score (nSPS) is 24.0. The number of fused-ring (bicyclic) bond motifs is 1. The molecule has 2 aliphatic rings. The summed E-state index contributed by atoms with van der Waals surface area (Å²) in [6.45, 7) is 0.397. The molecule has 1 aromatic carbocycles. The van der Waals surface area contributed by atoms with Crippen molar-refractivity contribution in [3.05, 3.63) is 58.0 Å². The van der Waals surface area contributed by atoms with Gasteiger partial charge in [0.25, 0.3) is 0 Å². The van der Waals surface area contributed by atoms with Crippen LogP contribution in [0.1, 0.15) is 29.7 Å². The van der Waals surface area contributed by atoms with Gasteiger partial charge >= 0.3 is 6.03 Å². The molecule has 2 fully saturated rings. The molecule has 8 heteroatoms. The van der Waals surface area contributed by atoms with Crippen molar-refractivity contribution in [2.45, 2.75) is 38.4 Å². The molecule has 3 atom stereocenters. The lowest BCUT2D eigenvalue weighted by atomic mass is 9.76. The number of nitrogens with zero attached hydrogens (tertiary/aromatic N) is 1. The summed E-state index contributed by atoms with van der Waals surface area (Å²) < 4.78 is 13.7. The van der Waals surface area contributed by atoms with Crippen molar-refractivity contribution < 1.29 is 18.8 Å². The predicted molar refractivity (Wildman–Crippen MR) is 106 cm³/mol. The largest absolute Gasteiger partial charge is 0.352 e. The van der Waals surface area contributed by atoms with Crippen molar-refractivity contribution >= 4 is 29.2 Å². The summed E-state index contributed by atoms with van der Waals surface area (Å²) in [7, 11) is 0. The molecule has 1 saturated carbocycles.